The molecule has 0 aliphatic carbocycles. The topological polar surface area (TPSA) is 3.24 Å². The van der Waals surface area contributed by atoms with Gasteiger partial charge >= 0.3 is 0 Å². The van der Waals surface area contributed by atoms with Crippen LogP contribution in [0.5, 0.6) is 0 Å². The molecule has 1 nitrogen and oxygen atoms in total. The van der Waals surface area contributed by atoms with Crippen molar-refractivity contribution in [2.75, 3.05) is 6.54 Å². The van der Waals surface area contributed by atoms with E-state index in [0.717, 1.165) is 18.4 Å². The summed E-state index contributed by atoms with van der Waals surface area (Å²) in [5, 5.41) is 0. The summed E-state index contributed by atoms with van der Waals surface area (Å²) in [5.74, 6) is 0.860. The highest BCUT2D eigenvalue weighted by Crippen LogP contribution is 2.29. The van der Waals surface area contributed by atoms with Crippen molar-refractivity contribution in [2.24, 2.45) is 5.92 Å². The van der Waals surface area contributed by atoms with Crippen LogP contribution in [0.2, 0.25) is 0 Å². The molecule has 1 rings (SSSR count). The van der Waals surface area contributed by atoms with Gasteiger partial charge in [0.25, 0.3) is 0 Å². The van der Waals surface area contributed by atoms with Crippen LogP contribution < -0.4 is 0 Å². The third kappa shape index (κ3) is 3.04. The summed E-state index contributed by atoms with van der Waals surface area (Å²) in [6.45, 7) is 16.2. The Balaban J connectivity index is 0.000000791. The first-order valence-corrected chi connectivity index (χ1v) is 6.15. The Morgan fingerprint density at radius 2 is 1.93 bits per heavy atom. The lowest BCUT2D eigenvalue weighted by atomic mass is 10.0. The summed E-state index contributed by atoms with van der Waals surface area (Å²) in [7, 11) is 0. The van der Waals surface area contributed by atoms with Gasteiger partial charge in [0.2, 0.25) is 0 Å². The van der Waals surface area contributed by atoms with Crippen LogP contribution in [0.25, 0.3) is 0 Å². The maximum Gasteiger partial charge on any atom is 0.0310 e. The van der Waals surface area contributed by atoms with Crippen LogP contribution in [0, 0.1) is 5.92 Å². The van der Waals surface area contributed by atoms with Gasteiger partial charge in [-0.05, 0) is 25.2 Å². The van der Waals surface area contributed by atoms with E-state index >= 15 is 0 Å². The average Bonchev–Trinajstić information content (AvgIpc) is 2.61. The SMILES string of the molecule is C=C(CC)N1CCC(C)C1CC.CC. The van der Waals surface area contributed by atoms with Crippen molar-refractivity contribution in [3.8, 4) is 0 Å². The minimum absolute atomic E-state index is 0.762. The molecular weight excluding hydrogens is 170 g/mol. The molecule has 0 bridgehead atoms. The van der Waals surface area contributed by atoms with Crippen LogP contribution in [0.1, 0.15) is 53.9 Å². The molecule has 0 aromatic heterocycles. The largest absolute Gasteiger partial charge is 0.372 e. The van der Waals surface area contributed by atoms with Crippen LogP contribution in [0.3, 0.4) is 0 Å². The molecule has 1 heteroatoms. The highest BCUT2D eigenvalue weighted by atomic mass is 15.2. The zero-order valence-electron chi connectivity index (χ0n) is 10.6. The molecule has 0 amide bonds. The lowest BCUT2D eigenvalue weighted by Gasteiger charge is -2.29. The molecule has 0 N–H and O–H groups in total. The highest BCUT2D eigenvalue weighted by molar-refractivity contribution is 5.00. The molecule has 0 aromatic carbocycles. The molecule has 2 unspecified atom stereocenters. The molecule has 0 saturated carbocycles. The van der Waals surface area contributed by atoms with Crippen molar-refractivity contribution in [2.45, 2.75) is 59.9 Å². The van der Waals surface area contributed by atoms with E-state index in [0.29, 0.717) is 0 Å². The Morgan fingerprint density at radius 3 is 2.36 bits per heavy atom. The zero-order chi connectivity index (χ0) is 11.1. The predicted octanol–water partition coefficient (Wildman–Crippen LogP) is 4.06. The lowest BCUT2D eigenvalue weighted by molar-refractivity contribution is 0.275. The Morgan fingerprint density at radius 1 is 1.36 bits per heavy atom. The summed E-state index contributed by atoms with van der Waals surface area (Å²) < 4.78 is 0. The minimum atomic E-state index is 0.762. The number of nitrogens with zero attached hydrogens (tertiary/aromatic N) is 1. The summed E-state index contributed by atoms with van der Waals surface area (Å²) in [6.07, 6.45) is 3.71. The first-order chi connectivity index (χ1) is 6.70. The second kappa shape index (κ2) is 6.92. The summed E-state index contributed by atoms with van der Waals surface area (Å²) in [4.78, 5) is 2.50. The monoisotopic (exact) mass is 197 g/mol. The second-order valence-corrected chi connectivity index (χ2v) is 3.85. The van der Waals surface area contributed by atoms with Gasteiger partial charge in [-0.25, -0.2) is 0 Å². The van der Waals surface area contributed by atoms with Crippen molar-refractivity contribution < 1.29 is 0 Å². The molecule has 1 heterocycles. The first kappa shape index (κ1) is 13.5. The standard InChI is InChI=1S/C11H21N.C2H6/c1-5-10(4)12-8-7-9(3)11(12)6-2;1-2/h9,11H,4-8H2,1-3H3;1-2H3. The molecule has 1 aliphatic heterocycles. The van der Waals surface area contributed by atoms with Gasteiger partial charge < -0.3 is 4.90 Å². The van der Waals surface area contributed by atoms with Gasteiger partial charge in [0, 0.05) is 18.3 Å². The van der Waals surface area contributed by atoms with E-state index in [1.54, 1.807) is 0 Å². The van der Waals surface area contributed by atoms with Crippen molar-refractivity contribution in [1.82, 2.24) is 4.90 Å². The van der Waals surface area contributed by atoms with E-state index in [4.69, 9.17) is 0 Å². The van der Waals surface area contributed by atoms with Crippen LogP contribution in [-0.4, -0.2) is 17.5 Å². The van der Waals surface area contributed by atoms with Crippen LogP contribution in [-0.2, 0) is 0 Å². The predicted molar refractivity (Wildman–Crippen MR) is 65.3 cm³/mol. The Labute approximate surface area is 90.2 Å². The first-order valence-electron chi connectivity index (χ1n) is 6.15. The smallest absolute Gasteiger partial charge is 0.0310 e. The van der Waals surface area contributed by atoms with Crippen LogP contribution in [0.15, 0.2) is 12.3 Å². The molecular formula is C13H27N. The van der Waals surface area contributed by atoms with Gasteiger partial charge in [0.1, 0.15) is 0 Å². The normalized spacial score (nSPS) is 25.6. The summed E-state index contributed by atoms with van der Waals surface area (Å²) in [5.41, 5.74) is 1.33. The molecule has 0 spiro atoms. The fourth-order valence-electron chi connectivity index (χ4n) is 2.23. The van der Waals surface area contributed by atoms with Crippen molar-refractivity contribution >= 4 is 0 Å². The number of likely N-dealkylation sites (tertiary alicyclic amines) is 1. The second-order valence-electron chi connectivity index (χ2n) is 3.85. The van der Waals surface area contributed by atoms with E-state index in [2.05, 4.69) is 32.3 Å². The minimum Gasteiger partial charge on any atom is -0.372 e. The Hall–Kier alpha value is -0.460. The van der Waals surface area contributed by atoms with Crippen LogP contribution >= 0.6 is 0 Å². The number of rotatable bonds is 3. The fraction of sp³-hybridized carbons (Fsp3) is 0.846. The van der Waals surface area contributed by atoms with Crippen molar-refractivity contribution in [1.29, 1.82) is 0 Å². The van der Waals surface area contributed by atoms with Gasteiger partial charge in [-0.15, -0.1) is 0 Å². The molecule has 14 heavy (non-hydrogen) atoms. The van der Waals surface area contributed by atoms with E-state index < -0.39 is 0 Å². The van der Waals surface area contributed by atoms with Crippen LogP contribution in [0.4, 0.5) is 0 Å². The molecule has 1 saturated heterocycles. The maximum atomic E-state index is 4.11. The van der Waals surface area contributed by atoms with Crippen molar-refractivity contribution in [3.63, 3.8) is 0 Å². The van der Waals surface area contributed by atoms with E-state index in [9.17, 15) is 0 Å². The average molecular weight is 197 g/mol. The van der Waals surface area contributed by atoms with E-state index in [-0.39, 0.29) is 0 Å². The number of allylic oxidation sites excluding steroid dienone is 1. The number of hydrogen-bond acceptors (Lipinski definition) is 1. The Bertz CT molecular complexity index is 163. The van der Waals surface area contributed by atoms with Gasteiger partial charge in [-0.2, -0.15) is 0 Å². The van der Waals surface area contributed by atoms with Gasteiger partial charge in [-0.3, -0.25) is 0 Å². The quantitative estimate of drug-likeness (QED) is 0.659. The van der Waals surface area contributed by atoms with Gasteiger partial charge in [0.15, 0.2) is 0 Å². The molecule has 84 valence electrons. The molecule has 1 fully saturated rings. The summed E-state index contributed by atoms with van der Waals surface area (Å²) in [6, 6.07) is 0.762. The third-order valence-electron chi connectivity index (χ3n) is 3.12. The third-order valence-corrected chi connectivity index (χ3v) is 3.12. The fourth-order valence-corrected chi connectivity index (χ4v) is 2.23. The summed E-state index contributed by atoms with van der Waals surface area (Å²) >= 11 is 0. The molecule has 0 radical (unpaired) electrons. The molecule has 2 atom stereocenters. The Kier molecular flexibility index (Phi) is 6.69. The zero-order valence-corrected chi connectivity index (χ0v) is 10.6. The van der Waals surface area contributed by atoms with Gasteiger partial charge in [0.05, 0.1) is 0 Å². The van der Waals surface area contributed by atoms with Crippen molar-refractivity contribution in [3.05, 3.63) is 12.3 Å². The highest BCUT2D eigenvalue weighted by Gasteiger charge is 2.29. The number of hydrogen-bond donors (Lipinski definition) is 0. The molecule has 0 aromatic rings. The maximum absolute atomic E-state index is 4.11. The van der Waals surface area contributed by atoms with Gasteiger partial charge in [-0.1, -0.05) is 41.2 Å². The van der Waals surface area contributed by atoms with E-state index in [1.165, 1.54) is 25.1 Å². The van der Waals surface area contributed by atoms with E-state index in [1.807, 2.05) is 13.8 Å². The lowest BCUT2D eigenvalue weighted by Crippen LogP contribution is -2.30. The molecule has 1 aliphatic rings.